The third kappa shape index (κ3) is 2.86. The van der Waals surface area contributed by atoms with Gasteiger partial charge in [-0.05, 0) is 43.2 Å². The maximum absolute atomic E-state index is 13.8. The molecule has 0 radical (unpaired) electrons. The highest BCUT2D eigenvalue weighted by atomic mass is 32.1. The van der Waals surface area contributed by atoms with Crippen LogP contribution in [0.15, 0.2) is 48.5 Å². The summed E-state index contributed by atoms with van der Waals surface area (Å²) >= 11 is 1.15. The standard InChI is InChI=1S/C20H16FNO3S/c1-12(19(23)22-10-9-13-5-2-3-7-16(13)22)25-20(24)18-11-14-15(21)6-4-8-17(14)26-18/h2-8,11-12H,9-10H2,1H3/t12-/m0/s1. The van der Waals surface area contributed by atoms with E-state index in [1.165, 1.54) is 12.1 Å². The topological polar surface area (TPSA) is 46.6 Å². The van der Waals surface area contributed by atoms with E-state index >= 15 is 0 Å². The summed E-state index contributed by atoms with van der Waals surface area (Å²) in [5.41, 5.74) is 1.98. The lowest BCUT2D eigenvalue weighted by Gasteiger charge is -2.21. The van der Waals surface area contributed by atoms with Gasteiger partial charge in [0.2, 0.25) is 0 Å². The molecule has 4 rings (SSSR count). The van der Waals surface area contributed by atoms with Gasteiger partial charge in [0.25, 0.3) is 5.91 Å². The number of esters is 1. The van der Waals surface area contributed by atoms with Gasteiger partial charge in [0, 0.05) is 22.3 Å². The maximum atomic E-state index is 13.8. The SMILES string of the molecule is C[C@H](OC(=O)c1cc2c(F)cccc2s1)C(=O)N1CCc2ccccc21. The molecule has 0 unspecified atom stereocenters. The molecule has 1 aliphatic heterocycles. The van der Waals surface area contributed by atoms with E-state index in [1.807, 2.05) is 24.3 Å². The van der Waals surface area contributed by atoms with E-state index in [0.29, 0.717) is 16.6 Å². The molecule has 0 saturated heterocycles. The number of para-hydroxylation sites is 1. The number of amides is 1. The van der Waals surface area contributed by atoms with Crippen LogP contribution in [-0.4, -0.2) is 24.5 Å². The van der Waals surface area contributed by atoms with Crippen LogP contribution in [0.1, 0.15) is 22.2 Å². The summed E-state index contributed by atoms with van der Waals surface area (Å²) < 4.78 is 19.8. The van der Waals surface area contributed by atoms with Crippen molar-refractivity contribution in [2.45, 2.75) is 19.4 Å². The van der Waals surface area contributed by atoms with Crippen LogP contribution in [0, 0.1) is 5.82 Å². The lowest BCUT2D eigenvalue weighted by atomic mass is 10.2. The van der Waals surface area contributed by atoms with Gasteiger partial charge in [-0.15, -0.1) is 11.3 Å². The van der Waals surface area contributed by atoms with Crippen molar-refractivity contribution in [2.75, 3.05) is 11.4 Å². The Morgan fingerprint density at radius 2 is 2.00 bits per heavy atom. The maximum Gasteiger partial charge on any atom is 0.349 e. The van der Waals surface area contributed by atoms with Crippen molar-refractivity contribution in [1.82, 2.24) is 0 Å². The largest absolute Gasteiger partial charge is 0.448 e. The van der Waals surface area contributed by atoms with E-state index in [1.54, 1.807) is 24.0 Å². The first kappa shape index (κ1) is 16.7. The highest BCUT2D eigenvalue weighted by Gasteiger charge is 2.30. The molecular weight excluding hydrogens is 353 g/mol. The molecule has 0 saturated carbocycles. The minimum absolute atomic E-state index is 0.254. The number of rotatable bonds is 3. The number of anilines is 1. The van der Waals surface area contributed by atoms with Crippen molar-refractivity contribution >= 4 is 39.0 Å². The highest BCUT2D eigenvalue weighted by molar-refractivity contribution is 7.20. The molecule has 2 heterocycles. The van der Waals surface area contributed by atoms with Gasteiger partial charge in [-0.1, -0.05) is 24.3 Å². The summed E-state index contributed by atoms with van der Waals surface area (Å²) in [6, 6.07) is 13.9. The summed E-state index contributed by atoms with van der Waals surface area (Å²) in [5.74, 6) is -1.25. The van der Waals surface area contributed by atoms with Crippen molar-refractivity contribution in [1.29, 1.82) is 0 Å². The van der Waals surface area contributed by atoms with Gasteiger partial charge < -0.3 is 9.64 Å². The molecule has 1 amide bonds. The van der Waals surface area contributed by atoms with Gasteiger partial charge in [-0.25, -0.2) is 9.18 Å². The van der Waals surface area contributed by atoms with Crippen LogP contribution in [0.25, 0.3) is 10.1 Å². The Morgan fingerprint density at radius 1 is 1.19 bits per heavy atom. The summed E-state index contributed by atoms with van der Waals surface area (Å²) in [6.45, 7) is 2.14. The average molecular weight is 369 g/mol. The summed E-state index contributed by atoms with van der Waals surface area (Å²) in [4.78, 5) is 27.0. The number of halogens is 1. The molecule has 3 aromatic rings. The molecule has 0 aliphatic carbocycles. The number of hydrogen-bond donors (Lipinski definition) is 0. The normalized spacial score (nSPS) is 14.3. The summed E-state index contributed by atoms with van der Waals surface area (Å²) in [7, 11) is 0. The second-order valence-corrected chi connectivity index (χ2v) is 7.26. The molecule has 0 spiro atoms. The first-order valence-electron chi connectivity index (χ1n) is 8.33. The molecule has 132 valence electrons. The molecule has 0 N–H and O–H groups in total. The average Bonchev–Trinajstić information content (AvgIpc) is 3.26. The zero-order chi connectivity index (χ0) is 18.3. The van der Waals surface area contributed by atoms with Crippen molar-refractivity contribution in [2.24, 2.45) is 0 Å². The predicted octanol–water partition coefficient (Wildman–Crippen LogP) is 4.18. The molecule has 1 atom stereocenters. The van der Waals surface area contributed by atoms with Crippen molar-refractivity contribution in [3.8, 4) is 0 Å². The number of nitrogens with zero attached hydrogens (tertiary/aromatic N) is 1. The third-order valence-corrected chi connectivity index (χ3v) is 5.57. The highest BCUT2D eigenvalue weighted by Crippen LogP contribution is 2.30. The minimum atomic E-state index is -0.913. The molecule has 0 fully saturated rings. The Labute approximate surface area is 153 Å². The molecule has 2 aromatic carbocycles. The van der Waals surface area contributed by atoms with Gasteiger partial charge in [-0.2, -0.15) is 0 Å². The number of fused-ring (bicyclic) bond motifs is 2. The van der Waals surface area contributed by atoms with Crippen LogP contribution in [0.3, 0.4) is 0 Å². The Balaban J connectivity index is 1.50. The van der Waals surface area contributed by atoms with Crippen LogP contribution < -0.4 is 4.90 Å². The Morgan fingerprint density at radius 3 is 2.81 bits per heavy atom. The first-order valence-corrected chi connectivity index (χ1v) is 9.14. The zero-order valence-electron chi connectivity index (χ0n) is 14.1. The van der Waals surface area contributed by atoms with Crippen molar-refractivity contribution in [3.63, 3.8) is 0 Å². The van der Waals surface area contributed by atoms with Gasteiger partial charge in [0.05, 0.1) is 0 Å². The minimum Gasteiger partial charge on any atom is -0.448 e. The monoisotopic (exact) mass is 369 g/mol. The number of benzene rings is 2. The number of hydrogen-bond acceptors (Lipinski definition) is 4. The summed E-state index contributed by atoms with van der Waals surface area (Å²) in [5, 5.41) is 0.386. The van der Waals surface area contributed by atoms with Crippen molar-refractivity contribution < 1.29 is 18.7 Å². The first-order chi connectivity index (χ1) is 12.5. The number of carbonyl (C=O) groups excluding carboxylic acids is 2. The lowest BCUT2D eigenvalue weighted by molar-refractivity contribution is -0.126. The van der Waals surface area contributed by atoms with E-state index in [9.17, 15) is 14.0 Å². The molecule has 0 bridgehead atoms. The fourth-order valence-electron chi connectivity index (χ4n) is 3.18. The van der Waals surface area contributed by atoms with E-state index in [-0.39, 0.29) is 16.6 Å². The van der Waals surface area contributed by atoms with Crippen LogP contribution in [-0.2, 0) is 16.0 Å². The fourth-order valence-corrected chi connectivity index (χ4v) is 4.14. The molecule has 26 heavy (non-hydrogen) atoms. The van der Waals surface area contributed by atoms with E-state index < -0.39 is 12.1 Å². The quantitative estimate of drug-likeness (QED) is 0.651. The summed E-state index contributed by atoms with van der Waals surface area (Å²) in [6.07, 6.45) is -0.123. The van der Waals surface area contributed by atoms with Crippen LogP contribution in [0.4, 0.5) is 10.1 Å². The second-order valence-electron chi connectivity index (χ2n) is 6.18. The number of ether oxygens (including phenoxy) is 1. The van der Waals surface area contributed by atoms with Gasteiger partial charge in [0.15, 0.2) is 6.10 Å². The Kier molecular flexibility index (Phi) is 4.20. The smallest absolute Gasteiger partial charge is 0.349 e. The predicted molar refractivity (Wildman–Crippen MR) is 99.2 cm³/mol. The molecule has 4 nitrogen and oxygen atoms in total. The molecule has 1 aromatic heterocycles. The zero-order valence-corrected chi connectivity index (χ0v) is 14.9. The van der Waals surface area contributed by atoms with Gasteiger partial charge >= 0.3 is 5.97 Å². The van der Waals surface area contributed by atoms with Crippen LogP contribution in [0.2, 0.25) is 0 Å². The van der Waals surface area contributed by atoms with Crippen LogP contribution in [0.5, 0.6) is 0 Å². The lowest BCUT2D eigenvalue weighted by Crippen LogP contribution is -2.39. The second kappa shape index (κ2) is 6.53. The number of carbonyl (C=O) groups is 2. The molecule has 6 heteroatoms. The third-order valence-electron chi connectivity index (χ3n) is 4.49. The number of thiophene rings is 1. The molecule has 1 aliphatic rings. The van der Waals surface area contributed by atoms with E-state index in [0.717, 1.165) is 29.0 Å². The van der Waals surface area contributed by atoms with E-state index in [4.69, 9.17) is 4.74 Å². The Hall–Kier alpha value is -2.73. The van der Waals surface area contributed by atoms with Crippen LogP contribution >= 0.6 is 11.3 Å². The molecular formula is C20H16FNO3S. The van der Waals surface area contributed by atoms with Gasteiger partial charge in [0.1, 0.15) is 10.7 Å². The van der Waals surface area contributed by atoms with E-state index in [2.05, 4.69) is 0 Å². The Bertz CT molecular complexity index is 1010. The fraction of sp³-hybridized carbons (Fsp3) is 0.200. The van der Waals surface area contributed by atoms with Crippen molar-refractivity contribution in [3.05, 3.63) is 64.8 Å². The van der Waals surface area contributed by atoms with Gasteiger partial charge in [-0.3, -0.25) is 4.79 Å².